The van der Waals surface area contributed by atoms with Gasteiger partial charge in [0.05, 0.1) is 12.8 Å². The molecule has 1 aliphatic heterocycles. The summed E-state index contributed by atoms with van der Waals surface area (Å²) in [5.74, 6) is 3.47. The van der Waals surface area contributed by atoms with E-state index in [2.05, 4.69) is 11.8 Å². The van der Waals surface area contributed by atoms with Gasteiger partial charge in [0.25, 0.3) is 0 Å². The topological polar surface area (TPSA) is 42.4 Å². The minimum Gasteiger partial charge on any atom is -0.468 e. The number of furan rings is 1. The van der Waals surface area contributed by atoms with Gasteiger partial charge in [-0.15, -0.1) is 0 Å². The molecule has 2 heterocycles. The highest BCUT2D eigenvalue weighted by atomic mass is 32.2. The molecule has 2 N–H and O–H groups in total. The molecule has 1 aliphatic rings. The Hall–Kier alpha value is -0.450. The van der Waals surface area contributed by atoms with E-state index >= 15 is 0 Å². The van der Waals surface area contributed by atoms with E-state index in [-0.39, 0.29) is 5.54 Å². The first-order valence-electron chi connectivity index (χ1n) is 6.36. The Morgan fingerprint density at radius 1 is 1.59 bits per heavy atom. The first kappa shape index (κ1) is 13.0. The molecule has 0 bridgehead atoms. The molecule has 0 amide bonds. The van der Waals surface area contributed by atoms with Crippen LogP contribution in [0.2, 0.25) is 0 Å². The molecule has 96 valence electrons. The monoisotopic (exact) mass is 254 g/mol. The van der Waals surface area contributed by atoms with Gasteiger partial charge in [-0.05, 0) is 37.3 Å². The number of hydrogen-bond acceptors (Lipinski definition) is 4. The molecule has 1 fully saturated rings. The smallest absolute Gasteiger partial charge is 0.117 e. The molecule has 1 saturated heterocycles. The van der Waals surface area contributed by atoms with Crippen molar-refractivity contribution in [2.75, 3.05) is 24.6 Å². The third-order valence-electron chi connectivity index (χ3n) is 3.66. The van der Waals surface area contributed by atoms with Crippen molar-refractivity contribution >= 4 is 11.8 Å². The molecule has 0 aliphatic carbocycles. The van der Waals surface area contributed by atoms with Crippen molar-refractivity contribution in [3.05, 3.63) is 24.2 Å². The highest BCUT2D eigenvalue weighted by Gasteiger charge is 2.36. The Morgan fingerprint density at radius 3 is 3.00 bits per heavy atom. The lowest BCUT2D eigenvalue weighted by Crippen LogP contribution is -2.56. The molecule has 2 rings (SSSR count). The second-order valence-corrected chi connectivity index (χ2v) is 5.78. The number of hydrogen-bond donors (Lipinski definition) is 1. The molecule has 3 nitrogen and oxygen atoms in total. The second kappa shape index (κ2) is 5.94. The van der Waals surface area contributed by atoms with Gasteiger partial charge in [0.15, 0.2) is 0 Å². The summed E-state index contributed by atoms with van der Waals surface area (Å²) in [5.41, 5.74) is 6.23. The minimum absolute atomic E-state index is 0.171. The van der Waals surface area contributed by atoms with Crippen LogP contribution in [0.5, 0.6) is 0 Å². The third kappa shape index (κ3) is 2.87. The van der Waals surface area contributed by atoms with E-state index in [9.17, 15) is 0 Å². The van der Waals surface area contributed by atoms with E-state index in [1.807, 2.05) is 23.9 Å². The molecule has 17 heavy (non-hydrogen) atoms. The van der Waals surface area contributed by atoms with Gasteiger partial charge in [-0.25, -0.2) is 0 Å². The standard InChI is InChI=1S/C13H22N2OS/c1-2-15(9-12-5-3-7-16-12)13(10-14)6-4-8-17-11-13/h3,5,7H,2,4,6,8-11,14H2,1H3. The van der Waals surface area contributed by atoms with Crippen LogP contribution in [0.25, 0.3) is 0 Å². The van der Waals surface area contributed by atoms with Gasteiger partial charge in [-0.3, -0.25) is 4.90 Å². The first-order chi connectivity index (χ1) is 8.30. The number of nitrogens with zero attached hydrogens (tertiary/aromatic N) is 1. The molecule has 0 aromatic carbocycles. The van der Waals surface area contributed by atoms with E-state index in [4.69, 9.17) is 10.2 Å². The average molecular weight is 254 g/mol. The van der Waals surface area contributed by atoms with E-state index in [0.717, 1.165) is 31.1 Å². The summed E-state index contributed by atoms with van der Waals surface area (Å²) in [4.78, 5) is 2.48. The van der Waals surface area contributed by atoms with Gasteiger partial charge < -0.3 is 10.2 Å². The summed E-state index contributed by atoms with van der Waals surface area (Å²) < 4.78 is 5.46. The van der Waals surface area contributed by atoms with Crippen LogP contribution >= 0.6 is 11.8 Å². The summed E-state index contributed by atoms with van der Waals surface area (Å²) in [6.07, 6.45) is 4.23. The molecule has 1 unspecified atom stereocenters. The fourth-order valence-corrected chi connectivity index (χ4v) is 3.90. The molecular weight excluding hydrogens is 232 g/mol. The van der Waals surface area contributed by atoms with E-state index < -0.39 is 0 Å². The maximum absolute atomic E-state index is 6.06. The summed E-state index contributed by atoms with van der Waals surface area (Å²) >= 11 is 2.03. The highest BCUT2D eigenvalue weighted by Crippen LogP contribution is 2.32. The second-order valence-electron chi connectivity index (χ2n) is 4.68. The van der Waals surface area contributed by atoms with Crippen LogP contribution in [0, 0.1) is 0 Å². The maximum atomic E-state index is 6.06. The number of nitrogens with two attached hydrogens (primary N) is 1. The summed E-state index contributed by atoms with van der Waals surface area (Å²) in [5, 5.41) is 0. The van der Waals surface area contributed by atoms with Gasteiger partial charge in [0, 0.05) is 17.8 Å². The molecule has 1 aromatic heterocycles. The van der Waals surface area contributed by atoms with Crippen molar-refractivity contribution < 1.29 is 4.42 Å². The van der Waals surface area contributed by atoms with Crippen molar-refractivity contribution in [2.45, 2.75) is 31.8 Å². The Bertz CT molecular complexity index is 320. The lowest BCUT2D eigenvalue weighted by Gasteiger charge is -2.45. The molecule has 0 saturated carbocycles. The van der Waals surface area contributed by atoms with Crippen LogP contribution < -0.4 is 5.73 Å². The zero-order chi connectivity index (χ0) is 12.1. The first-order valence-corrected chi connectivity index (χ1v) is 7.51. The predicted molar refractivity (Wildman–Crippen MR) is 73.1 cm³/mol. The van der Waals surface area contributed by atoms with Gasteiger partial charge in [0.2, 0.25) is 0 Å². The van der Waals surface area contributed by atoms with Gasteiger partial charge in [-0.1, -0.05) is 6.92 Å². The predicted octanol–water partition coefficient (Wildman–Crippen LogP) is 2.33. The van der Waals surface area contributed by atoms with Crippen molar-refractivity contribution in [2.24, 2.45) is 5.73 Å². The fourth-order valence-electron chi connectivity index (χ4n) is 2.58. The van der Waals surface area contributed by atoms with Crippen LogP contribution in [0.1, 0.15) is 25.5 Å². The van der Waals surface area contributed by atoms with Crippen molar-refractivity contribution in [1.82, 2.24) is 4.90 Å². The van der Waals surface area contributed by atoms with Gasteiger partial charge in [0.1, 0.15) is 5.76 Å². The Balaban J connectivity index is 2.09. The zero-order valence-corrected chi connectivity index (χ0v) is 11.3. The fraction of sp³-hybridized carbons (Fsp3) is 0.692. The molecular formula is C13H22N2OS. The highest BCUT2D eigenvalue weighted by molar-refractivity contribution is 7.99. The molecule has 4 heteroatoms. The molecule has 1 aromatic rings. The number of thioether (sulfide) groups is 1. The summed E-state index contributed by atoms with van der Waals surface area (Å²) in [6.45, 7) is 4.86. The van der Waals surface area contributed by atoms with E-state index in [1.165, 1.54) is 18.6 Å². The molecule has 0 radical (unpaired) electrons. The maximum Gasteiger partial charge on any atom is 0.117 e. The van der Waals surface area contributed by atoms with Crippen LogP contribution in [-0.4, -0.2) is 35.0 Å². The average Bonchev–Trinajstić information content (AvgIpc) is 2.89. The molecule has 1 atom stereocenters. The third-order valence-corrected chi connectivity index (χ3v) is 4.98. The van der Waals surface area contributed by atoms with Crippen molar-refractivity contribution in [3.8, 4) is 0 Å². The lowest BCUT2D eigenvalue weighted by atomic mass is 9.93. The van der Waals surface area contributed by atoms with Crippen LogP contribution in [0.15, 0.2) is 22.8 Å². The quantitative estimate of drug-likeness (QED) is 0.875. The van der Waals surface area contributed by atoms with Crippen molar-refractivity contribution in [1.29, 1.82) is 0 Å². The van der Waals surface area contributed by atoms with Crippen molar-refractivity contribution in [3.63, 3.8) is 0 Å². The molecule has 0 spiro atoms. The number of likely N-dealkylation sites (N-methyl/N-ethyl adjacent to an activating group) is 1. The summed E-state index contributed by atoms with van der Waals surface area (Å²) in [6, 6.07) is 4.00. The zero-order valence-electron chi connectivity index (χ0n) is 10.5. The van der Waals surface area contributed by atoms with Crippen LogP contribution in [0.4, 0.5) is 0 Å². The lowest BCUT2D eigenvalue weighted by molar-refractivity contribution is 0.0924. The largest absolute Gasteiger partial charge is 0.468 e. The van der Waals surface area contributed by atoms with E-state index in [0.29, 0.717) is 0 Å². The van der Waals surface area contributed by atoms with Gasteiger partial charge in [-0.2, -0.15) is 11.8 Å². The Kier molecular flexibility index (Phi) is 4.54. The van der Waals surface area contributed by atoms with Crippen LogP contribution in [0.3, 0.4) is 0 Å². The van der Waals surface area contributed by atoms with E-state index in [1.54, 1.807) is 6.26 Å². The number of rotatable bonds is 5. The van der Waals surface area contributed by atoms with Crippen LogP contribution in [-0.2, 0) is 6.54 Å². The minimum atomic E-state index is 0.171. The summed E-state index contributed by atoms with van der Waals surface area (Å²) in [7, 11) is 0. The Morgan fingerprint density at radius 2 is 2.47 bits per heavy atom. The normalized spacial score (nSPS) is 25.4. The Labute approximate surface area is 108 Å². The van der Waals surface area contributed by atoms with Gasteiger partial charge >= 0.3 is 0 Å². The SMILES string of the molecule is CCN(Cc1ccco1)C1(CN)CCCSC1.